The maximum atomic E-state index is 12.0. The number of benzene rings is 1. The van der Waals surface area contributed by atoms with Gasteiger partial charge in [-0.3, -0.25) is 14.9 Å². The molecule has 3 rings (SSSR count). The first-order chi connectivity index (χ1) is 10.6. The van der Waals surface area contributed by atoms with Crippen molar-refractivity contribution in [1.82, 2.24) is 15.3 Å². The lowest BCUT2D eigenvalue weighted by Crippen LogP contribution is -2.69. The molecule has 1 aromatic carbocycles. The molecule has 22 heavy (non-hydrogen) atoms. The van der Waals surface area contributed by atoms with Gasteiger partial charge in [0.25, 0.3) is 5.91 Å². The number of carbonyl (C=O) groups excluding carboxylic acids is 2. The highest BCUT2D eigenvalue weighted by Gasteiger charge is 2.46. The smallest absolute Gasteiger partial charge is 0.331 e. The van der Waals surface area contributed by atoms with Gasteiger partial charge in [0.2, 0.25) is 0 Å². The predicted molar refractivity (Wildman–Crippen MR) is 83.5 cm³/mol. The van der Waals surface area contributed by atoms with Gasteiger partial charge < -0.3 is 5.32 Å². The van der Waals surface area contributed by atoms with Crippen LogP contribution < -0.4 is 5.32 Å². The number of urea groups is 1. The summed E-state index contributed by atoms with van der Waals surface area (Å²) >= 11 is 1.83. The molecule has 3 amide bonds. The van der Waals surface area contributed by atoms with E-state index in [9.17, 15) is 14.8 Å². The summed E-state index contributed by atoms with van der Waals surface area (Å²) in [5.41, 5.74) is 1.27. The largest absolute Gasteiger partial charge is 0.348 e. The SMILES string of the molecule is CN1CC(SCc2ccccc2)CC2NC(=O)N(O)C(=O)C21. The Bertz CT molecular complexity index is 568. The second-order valence-electron chi connectivity index (χ2n) is 5.74. The number of hydrogen-bond acceptors (Lipinski definition) is 5. The number of nitrogens with zero attached hydrogens (tertiary/aromatic N) is 2. The van der Waals surface area contributed by atoms with Crippen LogP contribution in [0.25, 0.3) is 0 Å². The quantitative estimate of drug-likeness (QED) is 0.821. The highest BCUT2D eigenvalue weighted by molar-refractivity contribution is 7.99. The Morgan fingerprint density at radius 1 is 1.32 bits per heavy atom. The molecule has 2 heterocycles. The van der Waals surface area contributed by atoms with Crippen LogP contribution in [-0.4, -0.2) is 58.0 Å². The third-order valence-corrected chi connectivity index (χ3v) is 5.47. The molecule has 0 saturated carbocycles. The highest BCUT2D eigenvalue weighted by Crippen LogP contribution is 2.30. The van der Waals surface area contributed by atoms with Crippen molar-refractivity contribution in [1.29, 1.82) is 0 Å². The van der Waals surface area contributed by atoms with Crippen molar-refractivity contribution in [3.8, 4) is 0 Å². The Kier molecular flexibility index (Phi) is 4.37. The molecule has 6 nitrogen and oxygen atoms in total. The molecule has 0 aliphatic carbocycles. The fourth-order valence-corrected chi connectivity index (χ4v) is 4.39. The van der Waals surface area contributed by atoms with E-state index < -0.39 is 18.0 Å². The number of likely N-dealkylation sites (N-methyl/N-ethyl adjacent to an activating group) is 1. The number of rotatable bonds is 3. The third-order valence-electron chi connectivity index (χ3n) is 4.16. The van der Waals surface area contributed by atoms with Crippen molar-refractivity contribution >= 4 is 23.7 Å². The minimum atomic E-state index is -0.728. The van der Waals surface area contributed by atoms with Crippen molar-refractivity contribution in [3.63, 3.8) is 0 Å². The van der Waals surface area contributed by atoms with Crippen molar-refractivity contribution in [2.24, 2.45) is 0 Å². The molecule has 1 aromatic rings. The monoisotopic (exact) mass is 321 g/mol. The van der Waals surface area contributed by atoms with Crippen molar-refractivity contribution in [2.45, 2.75) is 29.5 Å². The van der Waals surface area contributed by atoms with Gasteiger partial charge in [0.15, 0.2) is 0 Å². The van der Waals surface area contributed by atoms with Gasteiger partial charge in [-0.05, 0) is 19.0 Å². The average molecular weight is 321 g/mol. The van der Waals surface area contributed by atoms with Crippen molar-refractivity contribution < 1.29 is 14.8 Å². The molecule has 2 N–H and O–H groups in total. The Hall–Kier alpha value is -1.57. The minimum Gasteiger partial charge on any atom is -0.331 e. The lowest BCUT2D eigenvalue weighted by atomic mass is 9.94. The minimum absolute atomic E-state index is 0.190. The molecule has 0 radical (unpaired) electrons. The number of amides is 3. The summed E-state index contributed by atoms with van der Waals surface area (Å²) in [5, 5.41) is 12.7. The fourth-order valence-electron chi connectivity index (χ4n) is 3.08. The first-order valence-electron chi connectivity index (χ1n) is 7.25. The van der Waals surface area contributed by atoms with E-state index in [1.807, 2.05) is 41.9 Å². The lowest BCUT2D eigenvalue weighted by Gasteiger charge is -2.45. The standard InChI is InChI=1S/C15H19N3O3S/c1-17-8-11(22-9-10-5-3-2-4-6-10)7-12-13(17)14(19)18(21)15(20)16-12/h2-6,11-13,21H,7-9H2,1H3,(H,16,20). The Morgan fingerprint density at radius 3 is 2.77 bits per heavy atom. The topological polar surface area (TPSA) is 72.9 Å². The number of piperidine rings is 1. The number of fused-ring (bicyclic) bond motifs is 1. The van der Waals surface area contributed by atoms with Gasteiger partial charge >= 0.3 is 6.03 Å². The van der Waals surface area contributed by atoms with Crippen molar-refractivity contribution in [3.05, 3.63) is 35.9 Å². The van der Waals surface area contributed by atoms with E-state index in [0.29, 0.717) is 5.25 Å². The number of nitrogens with one attached hydrogen (secondary N) is 1. The van der Waals surface area contributed by atoms with E-state index in [1.165, 1.54) is 5.56 Å². The number of imide groups is 1. The zero-order valence-electron chi connectivity index (χ0n) is 12.3. The Morgan fingerprint density at radius 2 is 2.05 bits per heavy atom. The van der Waals surface area contributed by atoms with E-state index in [1.54, 1.807) is 0 Å². The van der Waals surface area contributed by atoms with E-state index in [2.05, 4.69) is 17.4 Å². The van der Waals surface area contributed by atoms with Gasteiger partial charge in [-0.15, -0.1) is 5.06 Å². The molecule has 3 unspecified atom stereocenters. The lowest BCUT2D eigenvalue weighted by molar-refractivity contribution is -0.164. The summed E-state index contributed by atoms with van der Waals surface area (Å²) in [6.45, 7) is 0.758. The first kappa shape index (κ1) is 15.3. The van der Waals surface area contributed by atoms with Crippen molar-refractivity contribution in [2.75, 3.05) is 13.6 Å². The number of carbonyl (C=O) groups is 2. The van der Waals surface area contributed by atoms with E-state index in [0.717, 1.165) is 18.7 Å². The summed E-state index contributed by atoms with van der Waals surface area (Å²) in [4.78, 5) is 25.5. The molecular weight excluding hydrogens is 302 g/mol. The predicted octanol–water partition coefficient (Wildman–Crippen LogP) is 1.30. The van der Waals surface area contributed by atoms with E-state index in [-0.39, 0.29) is 11.1 Å². The Balaban J connectivity index is 1.63. The number of hydrogen-bond donors (Lipinski definition) is 2. The van der Waals surface area contributed by atoms with Crippen LogP contribution in [0.1, 0.15) is 12.0 Å². The maximum Gasteiger partial charge on any atom is 0.348 e. The number of likely N-dealkylation sites (tertiary alicyclic amines) is 1. The van der Waals surface area contributed by atoms with Gasteiger partial charge in [-0.1, -0.05) is 30.3 Å². The van der Waals surface area contributed by atoms with Crippen LogP contribution in [0.3, 0.4) is 0 Å². The van der Waals surface area contributed by atoms with Crippen LogP contribution in [-0.2, 0) is 10.5 Å². The summed E-state index contributed by atoms with van der Waals surface area (Å²) < 4.78 is 0. The van der Waals surface area contributed by atoms with E-state index in [4.69, 9.17) is 0 Å². The second-order valence-corrected chi connectivity index (χ2v) is 7.03. The number of thioether (sulfide) groups is 1. The zero-order valence-corrected chi connectivity index (χ0v) is 13.1. The molecule has 7 heteroatoms. The van der Waals surface area contributed by atoms with Crippen LogP contribution in [0.5, 0.6) is 0 Å². The van der Waals surface area contributed by atoms with Gasteiger partial charge in [0.1, 0.15) is 6.04 Å². The zero-order chi connectivity index (χ0) is 15.7. The number of hydroxylamine groups is 2. The molecule has 3 atom stereocenters. The van der Waals surface area contributed by atoms with Crippen LogP contribution >= 0.6 is 11.8 Å². The maximum absolute atomic E-state index is 12.0. The van der Waals surface area contributed by atoms with Gasteiger partial charge in [-0.25, -0.2) is 4.79 Å². The van der Waals surface area contributed by atoms with Crippen LogP contribution in [0.15, 0.2) is 30.3 Å². The summed E-state index contributed by atoms with van der Waals surface area (Å²) in [6.07, 6.45) is 0.734. The van der Waals surface area contributed by atoms with Crippen LogP contribution in [0.2, 0.25) is 0 Å². The normalized spacial score (nSPS) is 29.2. The van der Waals surface area contributed by atoms with E-state index >= 15 is 0 Å². The third kappa shape index (κ3) is 2.97. The molecule has 2 aliphatic rings. The molecule has 0 aromatic heterocycles. The molecule has 0 bridgehead atoms. The molecule has 2 saturated heterocycles. The van der Waals surface area contributed by atoms with Gasteiger partial charge in [-0.2, -0.15) is 11.8 Å². The average Bonchev–Trinajstić information content (AvgIpc) is 2.51. The summed E-state index contributed by atoms with van der Waals surface area (Å²) in [7, 11) is 1.86. The molecular formula is C15H19N3O3S. The fraction of sp³-hybridized carbons (Fsp3) is 0.467. The molecule has 2 aliphatic heterocycles. The highest BCUT2D eigenvalue weighted by atomic mass is 32.2. The summed E-state index contributed by atoms with van der Waals surface area (Å²) in [6, 6.07) is 8.79. The van der Waals surface area contributed by atoms with Crippen LogP contribution in [0, 0.1) is 0 Å². The summed E-state index contributed by atoms with van der Waals surface area (Å²) in [5.74, 6) is 0.368. The molecule has 2 fully saturated rings. The molecule has 0 spiro atoms. The van der Waals surface area contributed by atoms with Gasteiger partial charge in [0.05, 0.1) is 6.04 Å². The second kappa shape index (κ2) is 6.28. The van der Waals surface area contributed by atoms with Crippen LogP contribution in [0.4, 0.5) is 4.79 Å². The van der Waals surface area contributed by atoms with Gasteiger partial charge in [0, 0.05) is 17.5 Å². The first-order valence-corrected chi connectivity index (χ1v) is 8.30. The Labute approximate surface area is 133 Å². The molecule has 118 valence electrons.